The number of amides is 2. The van der Waals surface area contributed by atoms with Crippen molar-refractivity contribution in [1.29, 1.82) is 0 Å². The predicted octanol–water partition coefficient (Wildman–Crippen LogP) is 4.20. The lowest BCUT2D eigenvalue weighted by Gasteiger charge is -2.16. The minimum absolute atomic E-state index is 0.163. The number of carbonyl (C=O) groups excluding carboxylic acids is 2. The molecule has 0 unspecified atom stereocenters. The first-order chi connectivity index (χ1) is 13.6. The maximum absolute atomic E-state index is 11.7. The normalized spacial score (nSPS) is 11.6. The molecule has 0 atom stereocenters. The van der Waals surface area contributed by atoms with Crippen molar-refractivity contribution >= 4 is 11.8 Å². The summed E-state index contributed by atoms with van der Waals surface area (Å²) in [6.45, 7) is 7.44. The summed E-state index contributed by atoms with van der Waals surface area (Å²) in [7, 11) is 2.09. The highest BCUT2D eigenvalue weighted by molar-refractivity contribution is 5.76. The van der Waals surface area contributed by atoms with Gasteiger partial charge in [-0.2, -0.15) is 0 Å². The van der Waals surface area contributed by atoms with E-state index in [1.54, 1.807) is 0 Å². The minimum Gasteiger partial charge on any atom is -0.356 e. The van der Waals surface area contributed by atoms with Gasteiger partial charge >= 0.3 is 0 Å². The van der Waals surface area contributed by atoms with Crippen LogP contribution >= 0.6 is 0 Å². The Morgan fingerprint density at radius 2 is 1.14 bits per heavy atom. The van der Waals surface area contributed by atoms with Gasteiger partial charge in [-0.05, 0) is 85.4 Å². The van der Waals surface area contributed by atoms with Crippen LogP contribution in [0, 0.1) is 0 Å². The summed E-state index contributed by atoms with van der Waals surface area (Å²) >= 11 is 0. The fourth-order valence-corrected chi connectivity index (χ4v) is 2.87. The second-order valence-corrected chi connectivity index (χ2v) is 7.34. The van der Waals surface area contributed by atoms with Crippen LogP contribution in [-0.4, -0.2) is 49.9 Å². The Morgan fingerprint density at radius 3 is 1.54 bits per heavy atom. The van der Waals surface area contributed by atoms with Crippen LogP contribution in [-0.2, 0) is 9.59 Å². The predicted molar refractivity (Wildman–Crippen MR) is 119 cm³/mol. The largest absolute Gasteiger partial charge is 0.356 e. The second kappa shape index (κ2) is 20.1. The number of nitrogens with one attached hydrogen (secondary N) is 2. The molecule has 0 saturated carbocycles. The summed E-state index contributed by atoms with van der Waals surface area (Å²) in [5.74, 6) is 0.327. The Kier molecular flexibility index (Phi) is 19.0. The van der Waals surface area contributed by atoms with Crippen molar-refractivity contribution in [2.24, 2.45) is 0 Å². The van der Waals surface area contributed by atoms with E-state index in [2.05, 4.69) is 46.9 Å². The molecule has 0 aliphatic rings. The highest BCUT2D eigenvalue weighted by Crippen LogP contribution is 2.01. The third-order valence-corrected chi connectivity index (χ3v) is 4.60. The molecule has 162 valence electrons. The van der Waals surface area contributed by atoms with E-state index >= 15 is 0 Å². The Bertz CT molecular complexity index is 407. The van der Waals surface area contributed by atoms with Crippen LogP contribution in [0.25, 0.3) is 0 Å². The van der Waals surface area contributed by atoms with Gasteiger partial charge < -0.3 is 15.5 Å². The summed E-state index contributed by atoms with van der Waals surface area (Å²) in [6.07, 6.45) is 17.8. The smallest absolute Gasteiger partial charge is 0.219 e. The third-order valence-electron chi connectivity index (χ3n) is 4.60. The molecule has 0 aromatic heterocycles. The van der Waals surface area contributed by atoms with Gasteiger partial charge in [0.15, 0.2) is 0 Å². The number of hydrogen-bond acceptors (Lipinski definition) is 3. The first-order valence-electron chi connectivity index (χ1n) is 11.0. The van der Waals surface area contributed by atoms with Crippen LogP contribution in [0.2, 0.25) is 0 Å². The third kappa shape index (κ3) is 19.2. The monoisotopic (exact) mass is 393 g/mol. The van der Waals surface area contributed by atoms with Gasteiger partial charge in [-0.25, -0.2) is 0 Å². The number of unbranched alkanes of at least 4 members (excludes halogenated alkanes) is 4. The molecule has 0 fully saturated rings. The SMILES string of the molecule is C/C=C/CCCCC(=O)NCCCN(C)CCCNC(=O)CCCC/C=C/C. The molecular weight excluding hydrogens is 350 g/mol. The topological polar surface area (TPSA) is 61.4 Å². The maximum atomic E-state index is 11.7. The van der Waals surface area contributed by atoms with Crippen molar-refractivity contribution in [2.75, 3.05) is 33.2 Å². The van der Waals surface area contributed by atoms with Gasteiger partial charge in [-0.3, -0.25) is 9.59 Å². The van der Waals surface area contributed by atoms with E-state index in [9.17, 15) is 9.59 Å². The summed E-state index contributed by atoms with van der Waals surface area (Å²) in [4.78, 5) is 25.7. The molecule has 0 aromatic carbocycles. The Morgan fingerprint density at radius 1 is 0.714 bits per heavy atom. The molecule has 2 amide bonds. The van der Waals surface area contributed by atoms with Crippen molar-refractivity contribution in [3.8, 4) is 0 Å². The number of hydrogen-bond donors (Lipinski definition) is 2. The Hall–Kier alpha value is -1.62. The van der Waals surface area contributed by atoms with Gasteiger partial charge in [0.05, 0.1) is 0 Å². The van der Waals surface area contributed by atoms with E-state index in [1.807, 2.05) is 13.8 Å². The van der Waals surface area contributed by atoms with Crippen LogP contribution in [0.1, 0.15) is 78.1 Å². The molecule has 0 aliphatic carbocycles. The van der Waals surface area contributed by atoms with Gasteiger partial charge in [0.1, 0.15) is 0 Å². The fraction of sp³-hybridized carbons (Fsp3) is 0.739. The molecule has 0 rings (SSSR count). The van der Waals surface area contributed by atoms with E-state index in [0.717, 1.165) is 77.5 Å². The van der Waals surface area contributed by atoms with Crippen LogP contribution < -0.4 is 10.6 Å². The number of allylic oxidation sites excluding steroid dienone is 4. The first-order valence-corrected chi connectivity index (χ1v) is 11.0. The second-order valence-electron chi connectivity index (χ2n) is 7.34. The molecule has 0 heterocycles. The molecule has 28 heavy (non-hydrogen) atoms. The Labute approximate surface area is 173 Å². The molecule has 5 nitrogen and oxygen atoms in total. The van der Waals surface area contributed by atoms with E-state index < -0.39 is 0 Å². The zero-order valence-corrected chi connectivity index (χ0v) is 18.5. The van der Waals surface area contributed by atoms with Gasteiger partial charge in [0.25, 0.3) is 0 Å². The lowest BCUT2D eigenvalue weighted by molar-refractivity contribution is -0.122. The zero-order chi connectivity index (χ0) is 20.9. The number of nitrogens with zero attached hydrogens (tertiary/aromatic N) is 1. The standard InChI is InChI=1S/C23H43N3O2/c1-4-6-8-10-12-16-22(27)24-18-14-20-26(3)21-15-19-25-23(28)17-13-11-9-7-5-2/h4-7H,8-21H2,1-3H3,(H,24,27)(H,25,28)/b6-4+,7-5+. The van der Waals surface area contributed by atoms with E-state index in [-0.39, 0.29) is 11.8 Å². The molecule has 2 N–H and O–H groups in total. The summed E-state index contributed by atoms with van der Waals surface area (Å²) in [5.41, 5.74) is 0. The van der Waals surface area contributed by atoms with Crippen LogP contribution in [0.15, 0.2) is 24.3 Å². The molecular formula is C23H43N3O2. The quantitative estimate of drug-likeness (QED) is 0.271. The molecule has 0 radical (unpaired) electrons. The molecule has 0 saturated heterocycles. The molecule has 0 aliphatic heterocycles. The van der Waals surface area contributed by atoms with E-state index in [0.29, 0.717) is 12.8 Å². The number of rotatable bonds is 18. The summed E-state index contributed by atoms with van der Waals surface area (Å²) in [5, 5.41) is 6.00. The highest BCUT2D eigenvalue weighted by Gasteiger charge is 2.03. The average Bonchev–Trinajstić information content (AvgIpc) is 2.68. The van der Waals surface area contributed by atoms with Crippen LogP contribution in [0.3, 0.4) is 0 Å². The molecule has 5 heteroatoms. The van der Waals surface area contributed by atoms with Crippen LogP contribution in [0.5, 0.6) is 0 Å². The van der Waals surface area contributed by atoms with Gasteiger partial charge in [-0.1, -0.05) is 24.3 Å². The van der Waals surface area contributed by atoms with Gasteiger partial charge in [0, 0.05) is 25.9 Å². The Balaban J connectivity index is 3.46. The van der Waals surface area contributed by atoms with Crippen molar-refractivity contribution < 1.29 is 9.59 Å². The van der Waals surface area contributed by atoms with Crippen LogP contribution in [0.4, 0.5) is 0 Å². The number of carbonyl (C=O) groups is 2. The van der Waals surface area contributed by atoms with Crippen molar-refractivity contribution in [2.45, 2.75) is 78.1 Å². The molecule has 0 bridgehead atoms. The van der Waals surface area contributed by atoms with Gasteiger partial charge in [-0.15, -0.1) is 0 Å². The maximum Gasteiger partial charge on any atom is 0.219 e. The van der Waals surface area contributed by atoms with E-state index in [1.165, 1.54) is 0 Å². The lowest BCUT2D eigenvalue weighted by atomic mass is 10.2. The first kappa shape index (κ1) is 26.4. The van der Waals surface area contributed by atoms with Crippen molar-refractivity contribution in [1.82, 2.24) is 15.5 Å². The summed E-state index contributed by atoms with van der Waals surface area (Å²) in [6, 6.07) is 0. The fourth-order valence-electron chi connectivity index (χ4n) is 2.87. The molecule has 0 aromatic rings. The molecule has 0 spiro atoms. The lowest BCUT2D eigenvalue weighted by Crippen LogP contribution is -2.30. The summed E-state index contributed by atoms with van der Waals surface area (Å²) < 4.78 is 0. The van der Waals surface area contributed by atoms with Gasteiger partial charge in [0.2, 0.25) is 11.8 Å². The van der Waals surface area contributed by atoms with Crippen molar-refractivity contribution in [3.63, 3.8) is 0 Å². The average molecular weight is 394 g/mol. The van der Waals surface area contributed by atoms with E-state index in [4.69, 9.17) is 0 Å². The highest BCUT2D eigenvalue weighted by atomic mass is 16.2. The minimum atomic E-state index is 0.163. The zero-order valence-electron chi connectivity index (χ0n) is 18.5. The van der Waals surface area contributed by atoms with Crippen molar-refractivity contribution in [3.05, 3.63) is 24.3 Å².